The molecule has 0 bridgehead atoms. The topological polar surface area (TPSA) is 128 Å². The standard InChI is InChI=1S/C22H26N2O8S2/c1-12(25)30-9-13-10-34-19-16(23-15(26)8-14-6-5-7-33-14)18(27)24(19)17(13)20(28)31-11-32-21(29)22(2,3)4/h5-7,16,19H,8-11H2,1-4H3,(H,23,26). The Morgan fingerprint density at radius 3 is 2.53 bits per heavy atom. The summed E-state index contributed by atoms with van der Waals surface area (Å²) < 4.78 is 15.1. The number of amides is 2. The Labute approximate surface area is 205 Å². The average Bonchev–Trinajstić information content (AvgIpc) is 3.27. The quantitative estimate of drug-likeness (QED) is 0.315. The van der Waals surface area contributed by atoms with Crippen molar-refractivity contribution < 1.29 is 38.2 Å². The predicted octanol–water partition coefficient (Wildman–Crippen LogP) is 1.60. The van der Waals surface area contributed by atoms with Crippen LogP contribution in [0.5, 0.6) is 0 Å². The number of rotatable bonds is 8. The first-order valence-corrected chi connectivity index (χ1v) is 12.4. The van der Waals surface area contributed by atoms with Crippen LogP contribution in [0.1, 0.15) is 32.6 Å². The predicted molar refractivity (Wildman–Crippen MR) is 123 cm³/mol. The Hall–Kier alpha value is -2.86. The van der Waals surface area contributed by atoms with Crippen LogP contribution < -0.4 is 5.32 Å². The minimum Gasteiger partial charge on any atom is -0.461 e. The molecule has 1 aromatic heterocycles. The van der Waals surface area contributed by atoms with Crippen molar-refractivity contribution in [3.8, 4) is 0 Å². The van der Waals surface area contributed by atoms with E-state index in [-0.39, 0.29) is 30.4 Å². The maximum Gasteiger partial charge on any atom is 0.358 e. The second kappa shape index (κ2) is 10.6. The second-order valence-electron chi connectivity index (χ2n) is 8.67. The number of ether oxygens (including phenoxy) is 3. The number of hydrogen-bond donors (Lipinski definition) is 1. The van der Waals surface area contributed by atoms with Gasteiger partial charge in [0.15, 0.2) is 0 Å². The molecule has 2 aliphatic heterocycles. The van der Waals surface area contributed by atoms with E-state index < -0.39 is 47.4 Å². The molecule has 3 rings (SSSR count). The maximum atomic E-state index is 12.9. The van der Waals surface area contributed by atoms with Crippen molar-refractivity contribution in [1.29, 1.82) is 0 Å². The number of hydrogen-bond acceptors (Lipinski definition) is 10. The van der Waals surface area contributed by atoms with Gasteiger partial charge >= 0.3 is 17.9 Å². The van der Waals surface area contributed by atoms with Crippen molar-refractivity contribution in [3.05, 3.63) is 33.7 Å². The molecule has 184 valence electrons. The number of β-lactam (4-membered cyclic amide) rings is 1. The van der Waals surface area contributed by atoms with Crippen LogP contribution in [-0.4, -0.2) is 65.2 Å². The van der Waals surface area contributed by atoms with E-state index in [2.05, 4.69) is 5.32 Å². The van der Waals surface area contributed by atoms with E-state index in [0.717, 1.165) is 4.88 Å². The van der Waals surface area contributed by atoms with Gasteiger partial charge in [-0.2, -0.15) is 0 Å². The van der Waals surface area contributed by atoms with E-state index in [9.17, 15) is 24.0 Å². The molecule has 1 aromatic rings. The molecule has 0 aromatic carbocycles. The minimum atomic E-state index is -0.883. The van der Waals surface area contributed by atoms with Gasteiger partial charge in [-0.05, 0) is 32.2 Å². The van der Waals surface area contributed by atoms with Crippen LogP contribution in [-0.2, 0) is 44.6 Å². The molecule has 0 aliphatic carbocycles. The fourth-order valence-electron chi connectivity index (χ4n) is 3.19. The maximum absolute atomic E-state index is 12.9. The van der Waals surface area contributed by atoms with E-state index in [1.165, 1.54) is 34.9 Å². The number of nitrogens with zero attached hydrogens (tertiary/aromatic N) is 1. The molecule has 10 nitrogen and oxygen atoms in total. The van der Waals surface area contributed by atoms with E-state index in [4.69, 9.17) is 14.2 Å². The van der Waals surface area contributed by atoms with Crippen molar-refractivity contribution in [2.45, 2.75) is 45.5 Å². The molecule has 2 unspecified atom stereocenters. The van der Waals surface area contributed by atoms with E-state index in [0.29, 0.717) is 5.57 Å². The molecule has 1 fully saturated rings. The average molecular weight is 511 g/mol. The van der Waals surface area contributed by atoms with E-state index >= 15 is 0 Å². The van der Waals surface area contributed by atoms with Gasteiger partial charge in [0.05, 0.1) is 11.8 Å². The molecule has 0 radical (unpaired) electrons. The summed E-state index contributed by atoms with van der Waals surface area (Å²) in [5, 5.41) is 4.08. The molecule has 1 N–H and O–H groups in total. The van der Waals surface area contributed by atoms with Gasteiger partial charge in [-0.3, -0.25) is 24.1 Å². The number of esters is 3. The Bertz CT molecular complexity index is 1010. The smallest absolute Gasteiger partial charge is 0.358 e. The third kappa shape index (κ3) is 5.98. The Morgan fingerprint density at radius 2 is 1.91 bits per heavy atom. The van der Waals surface area contributed by atoms with Crippen molar-refractivity contribution in [1.82, 2.24) is 10.2 Å². The Kier molecular flexibility index (Phi) is 8.03. The molecule has 12 heteroatoms. The number of carbonyl (C=O) groups is 5. The highest BCUT2D eigenvalue weighted by atomic mass is 32.2. The van der Waals surface area contributed by atoms with Gasteiger partial charge in [0.1, 0.15) is 23.7 Å². The molecule has 2 amide bonds. The number of fused-ring (bicyclic) bond motifs is 1. The van der Waals surface area contributed by atoms with E-state index in [1.807, 2.05) is 17.5 Å². The van der Waals surface area contributed by atoms with Crippen LogP contribution in [0.2, 0.25) is 0 Å². The SMILES string of the molecule is CC(=O)OCC1=C(C(=O)OCOC(=O)C(C)(C)C)N2C(=O)C(NC(=O)Cc3cccs3)C2SC1. The van der Waals surface area contributed by atoms with Crippen LogP contribution in [0, 0.1) is 5.41 Å². The van der Waals surface area contributed by atoms with E-state index in [1.54, 1.807) is 20.8 Å². The number of thiophene rings is 1. The summed E-state index contributed by atoms with van der Waals surface area (Å²) in [6.45, 7) is 5.39. The van der Waals surface area contributed by atoms with Crippen molar-refractivity contribution in [3.63, 3.8) is 0 Å². The third-order valence-electron chi connectivity index (χ3n) is 4.91. The second-order valence-corrected chi connectivity index (χ2v) is 10.8. The largest absolute Gasteiger partial charge is 0.461 e. The fraction of sp³-hybridized carbons (Fsp3) is 0.500. The van der Waals surface area contributed by atoms with Crippen LogP contribution in [0.15, 0.2) is 28.8 Å². The lowest BCUT2D eigenvalue weighted by molar-refractivity contribution is -0.173. The summed E-state index contributed by atoms with van der Waals surface area (Å²) in [6, 6.07) is 2.88. The number of thioether (sulfide) groups is 1. The zero-order chi connectivity index (χ0) is 25.0. The molecule has 1 saturated heterocycles. The normalized spacial score (nSPS) is 19.6. The summed E-state index contributed by atoms with van der Waals surface area (Å²) >= 11 is 2.78. The molecule has 2 atom stereocenters. The van der Waals surface area contributed by atoms with Crippen LogP contribution in [0.25, 0.3) is 0 Å². The summed E-state index contributed by atoms with van der Waals surface area (Å²) in [7, 11) is 0. The van der Waals surface area contributed by atoms with Crippen molar-refractivity contribution in [2.75, 3.05) is 19.2 Å². The van der Waals surface area contributed by atoms with Gasteiger partial charge in [-0.1, -0.05) is 6.07 Å². The first-order chi connectivity index (χ1) is 16.0. The van der Waals surface area contributed by atoms with Gasteiger partial charge in [-0.15, -0.1) is 23.1 Å². The molecule has 2 aliphatic rings. The highest BCUT2D eigenvalue weighted by Crippen LogP contribution is 2.40. The molecular weight excluding hydrogens is 484 g/mol. The Balaban J connectivity index is 1.70. The summed E-state index contributed by atoms with van der Waals surface area (Å²) in [4.78, 5) is 63.4. The van der Waals surface area contributed by atoms with Crippen molar-refractivity contribution in [2.24, 2.45) is 5.41 Å². The highest BCUT2D eigenvalue weighted by Gasteiger charge is 2.54. The zero-order valence-corrected chi connectivity index (χ0v) is 20.9. The first-order valence-electron chi connectivity index (χ1n) is 10.4. The summed E-state index contributed by atoms with van der Waals surface area (Å²) in [5.41, 5.74) is -0.452. The third-order valence-corrected chi connectivity index (χ3v) is 7.13. The van der Waals surface area contributed by atoms with Gasteiger partial charge in [0.25, 0.3) is 5.91 Å². The van der Waals surface area contributed by atoms with Crippen LogP contribution in [0.4, 0.5) is 0 Å². The Morgan fingerprint density at radius 1 is 1.18 bits per heavy atom. The molecule has 3 heterocycles. The molecular formula is C22H26N2O8S2. The lowest BCUT2D eigenvalue weighted by Crippen LogP contribution is -2.70. The molecule has 34 heavy (non-hydrogen) atoms. The number of carbonyl (C=O) groups excluding carboxylic acids is 5. The lowest BCUT2D eigenvalue weighted by Gasteiger charge is -2.49. The van der Waals surface area contributed by atoms with Gasteiger partial charge < -0.3 is 19.5 Å². The molecule has 0 spiro atoms. The van der Waals surface area contributed by atoms with Gasteiger partial charge in [0.2, 0.25) is 12.7 Å². The summed E-state index contributed by atoms with van der Waals surface area (Å²) in [5.74, 6) is -2.47. The number of nitrogens with one attached hydrogen (secondary N) is 1. The molecule has 0 saturated carbocycles. The zero-order valence-electron chi connectivity index (χ0n) is 19.2. The fourth-order valence-corrected chi connectivity index (χ4v) is 5.22. The van der Waals surface area contributed by atoms with Gasteiger partial charge in [-0.25, -0.2) is 4.79 Å². The monoisotopic (exact) mass is 510 g/mol. The van der Waals surface area contributed by atoms with Crippen LogP contribution in [0.3, 0.4) is 0 Å². The first kappa shape index (κ1) is 25.8. The summed E-state index contributed by atoms with van der Waals surface area (Å²) in [6.07, 6.45) is 0.153. The van der Waals surface area contributed by atoms with Gasteiger partial charge in [0, 0.05) is 23.1 Å². The van der Waals surface area contributed by atoms with Crippen LogP contribution >= 0.6 is 23.1 Å². The minimum absolute atomic E-state index is 0.0643. The highest BCUT2D eigenvalue weighted by molar-refractivity contribution is 8.00. The van der Waals surface area contributed by atoms with Crippen molar-refractivity contribution >= 4 is 52.8 Å². The lowest BCUT2D eigenvalue weighted by atomic mass is 9.98.